The summed E-state index contributed by atoms with van der Waals surface area (Å²) in [5.41, 5.74) is 1.53. The third kappa shape index (κ3) is 3.74. The predicted octanol–water partition coefficient (Wildman–Crippen LogP) is 2.12. The van der Waals surface area contributed by atoms with Gasteiger partial charge in [-0.1, -0.05) is 0 Å². The number of methoxy groups -OCH3 is 1. The molecule has 1 N–H and O–H groups in total. The first-order valence-electron chi connectivity index (χ1n) is 8.80. The van der Waals surface area contributed by atoms with E-state index >= 15 is 0 Å². The van der Waals surface area contributed by atoms with Gasteiger partial charge in [-0.3, -0.25) is 4.79 Å². The van der Waals surface area contributed by atoms with E-state index in [1.807, 2.05) is 19.1 Å². The molecule has 0 unspecified atom stereocenters. The molecule has 2 saturated heterocycles. The van der Waals surface area contributed by atoms with E-state index in [9.17, 15) is 14.4 Å². The summed E-state index contributed by atoms with van der Waals surface area (Å²) in [5.74, 6) is 0.137. The smallest absolute Gasteiger partial charge is 0.409 e. The molecule has 0 aliphatic carbocycles. The maximum absolute atomic E-state index is 12.4. The Balaban J connectivity index is 1.55. The summed E-state index contributed by atoms with van der Waals surface area (Å²) in [6, 6.07) is 7.31. The van der Waals surface area contributed by atoms with Crippen molar-refractivity contribution in [2.24, 2.45) is 0 Å². The third-order valence-corrected chi connectivity index (χ3v) is 4.88. The van der Waals surface area contributed by atoms with Crippen LogP contribution in [-0.4, -0.2) is 67.2 Å². The van der Waals surface area contributed by atoms with Gasteiger partial charge in [-0.15, -0.1) is 0 Å². The minimum absolute atomic E-state index is 0.137. The number of hydrogen-bond acceptors (Lipinski definition) is 4. The van der Waals surface area contributed by atoms with Gasteiger partial charge in [-0.2, -0.15) is 0 Å². The number of carbonyl (C=O) groups is 3. The first kappa shape index (κ1) is 18.0. The molecule has 2 aliphatic rings. The van der Waals surface area contributed by atoms with Crippen LogP contribution in [0.15, 0.2) is 24.3 Å². The molecule has 0 aromatic heterocycles. The molecule has 2 aliphatic heterocycles. The molecular formula is C18H24N4O4. The highest BCUT2D eigenvalue weighted by atomic mass is 16.5. The first-order valence-corrected chi connectivity index (χ1v) is 8.80. The van der Waals surface area contributed by atoms with E-state index in [0.717, 1.165) is 12.1 Å². The van der Waals surface area contributed by atoms with E-state index in [2.05, 4.69) is 10.1 Å². The summed E-state index contributed by atoms with van der Waals surface area (Å²) in [7, 11) is 1.35. The van der Waals surface area contributed by atoms with E-state index in [0.29, 0.717) is 38.3 Å². The van der Waals surface area contributed by atoms with Crippen LogP contribution in [-0.2, 0) is 9.53 Å². The highest BCUT2D eigenvalue weighted by Gasteiger charge is 2.29. The lowest BCUT2D eigenvalue weighted by molar-refractivity contribution is -0.117. The van der Waals surface area contributed by atoms with Crippen molar-refractivity contribution in [1.82, 2.24) is 9.80 Å². The van der Waals surface area contributed by atoms with Crippen molar-refractivity contribution in [3.8, 4) is 0 Å². The van der Waals surface area contributed by atoms with Crippen molar-refractivity contribution in [3.05, 3.63) is 24.3 Å². The van der Waals surface area contributed by atoms with Crippen molar-refractivity contribution in [2.45, 2.75) is 25.8 Å². The average Bonchev–Trinajstić information content (AvgIpc) is 3.00. The van der Waals surface area contributed by atoms with Crippen LogP contribution in [0.1, 0.15) is 19.8 Å². The van der Waals surface area contributed by atoms with Gasteiger partial charge in [-0.05, 0) is 37.6 Å². The minimum atomic E-state index is -0.369. The van der Waals surface area contributed by atoms with E-state index in [1.54, 1.807) is 26.8 Å². The van der Waals surface area contributed by atoms with Gasteiger partial charge in [0.2, 0.25) is 5.91 Å². The highest BCUT2D eigenvalue weighted by Crippen LogP contribution is 2.27. The molecule has 3 rings (SSSR count). The molecular weight excluding hydrogens is 336 g/mol. The van der Waals surface area contributed by atoms with Gasteiger partial charge in [-0.25, -0.2) is 9.59 Å². The van der Waals surface area contributed by atoms with Crippen LogP contribution in [0.2, 0.25) is 0 Å². The summed E-state index contributed by atoms with van der Waals surface area (Å²) >= 11 is 0. The molecule has 8 nitrogen and oxygen atoms in total. The maximum Gasteiger partial charge on any atom is 0.409 e. The van der Waals surface area contributed by atoms with Gasteiger partial charge in [0.05, 0.1) is 7.11 Å². The Labute approximate surface area is 152 Å². The lowest BCUT2D eigenvalue weighted by atomic mass is 10.2. The van der Waals surface area contributed by atoms with Gasteiger partial charge in [0, 0.05) is 50.0 Å². The van der Waals surface area contributed by atoms with Crippen molar-refractivity contribution in [3.63, 3.8) is 0 Å². The molecule has 8 heteroatoms. The van der Waals surface area contributed by atoms with Crippen LogP contribution < -0.4 is 10.2 Å². The predicted molar refractivity (Wildman–Crippen MR) is 97.2 cm³/mol. The molecule has 0 saturated carbocycles. The lowest BCUT2D eigenvalue weighted by Crippen LogP contribution is -2.51. The number of anilines is 2. The first-order chi connectivity index (χ1) is 12.5. The summed E-state index contributed by atoms with van der Waals surface area (Å²) in [6.07, 6.45) is 1.08. The van der Waals surface area contributed by atoms with Crippen LogP contribution in [0.3, 0.4) is 0 Å². The standard InChI is InChI=1S/C18H24N4O4/c1-13-3-8-16(23)22(13)15-6-4-14(5-7-15)19-17(24)20-9-11-21(12-10-20)18(25)26-2/h4-7,13H,3,8-12H2,1-2H3,(H,19,24)/t13-/m1/s1. The van der Waals surface area contributed by atoms with E-state index < -0.39 is 0 Å². The Hall–Kier alpha value is -2.77. The number of hydrogen-bond donors (Lipinski definition) is 1. The molecule has 1 atom stereocenters. The molecule has 2 fully saturated rings. The quantitative estimate of drug-likeness (QED) is 0.876. The zero-order chi connectivity index (χ0) is 18.7. The number of nitrogens with one attached hydrogen (secondary N) is 1. The maximum atomic E-state index is 12.4. The van der Waals surface area contributed by atoms with Gasteiger partial charge in [0.1, 0.15) is 0 Å². The van der Waals surface area contributed by atoms with Crippen LogP contribution in [0.4, 0.5) is 21.0 Å². The Bertz CT molecular complexity index is 683. The number of amides is 4. The normalized spacial score (nSPS) is 20.3. The SMILES string of the molecule is COC(=O)N1CCN(C(=O)Nc2ccc(N3C(=O)CC[C@H]3C)cc2)CC1. The summed E-state index contributed by atoms with van der Waals surface area (Å²) < 4.78 is 4.69. The Morgan fingerprint density at radius 3 is 2.23 bits per heavy atom. The second-order valence-corrected chi connectivity index (χ2v) is 6.57. The molecule has 140 valence electrons. The van der Waals surface area contributed by atoms with Gasteiger partial charge in [0.15, 0.2) is 0 Å². The number of rotatable bonds is 2. The number of nitrogens with zero attached hydrogens (tertiary/aromatic N) is 3. The second-order valence-electron chi connectivity index (χ2n) is 6.57. The Morgan fingerprint density at radius 1 is 1.08 bits per heavy atom. The zero-order valence-electron chi connectivity index (χ0n) is 15.1. The number of ether oxygens (including phenoxy) is 1. The van der Waals surface area contributed by atoms with Gasteiger partial charge in [0.25, 0.3) is 0 Å². The molecule has 2 heterocycles. The molecule has 0 radical (unpaired) electrons. The molecule has 4 amide bonds. The van der Waals surface area contributed by atoms with Crippen molar-refractivity contribution < 1.29 is 19.1 Å². The van der Waals surface area contributed by atoms with E-state index in [-0.39, 0.29) is 24.1 Å². The monoisotopic (exact) mass is 360 g/mol. The van der Waals surface area contributed by atoms with Gasteiger partial charge < -0.3 is 24.8 Å². The number of urea groups is 1. The molecule has 1 aromatic carbocycles. The average molecular weight is 360 g/mol. The fraction of sp³-hybridized carbons (Fsp3) is 0.500. The summed E-state index contributed by atoms with van der Waals surface area (Å²) in [4.78, 5) is 40.9. The third-order valence-electron chi connectivity index (χ3n) is 4.88. The fourth-order valence-electron chi connectivity index (χ4n) is 3.36. The Kier molecular flexibility index (Phi) is 5.29. The van der Waals surface area contributed by atoms with Crippen molar-refractivity contribution >= 4 is 29.4 Å². The highest BCUT2D eigenvalue weighted by molar-refractivity contribution is 5.96. The van der Waals surface area contributed by atoms with E-state index in [1.165, 1.54) is 7.11 Å². The van der Waals surface area contributed by atoms with Crippen LogP contribution in [0.5, 0.6) is 0 Å². The number of carbonyl (C=O) groups excluding carboxylic acids is 3. The fourth-order valence-corrected chi connectivity index (χ4v) is 3.36. The second kappa shape index (κ2) is 7.63. The van der Waals surface area contributed by atoms with Crippen LogP contribution in [0.25, 0.3) is 0 Å². The number of piperazine rings is 1. The van der Waals surface area contributed by atoms with Crippen molar-refractivity contribution in [1.29, 1.82) is 0 Å². The van der Waals surface area contributed by atoms with E-state index in [4.69, 9.17) is 0 Å². The molecule has 0 spiro atoms. The van der Waals surface area contributed by atoms with Crippen LogP contribution >= 0.6 is 0 Å². The molecule has 1 aromatic rings. The summed E-state index contributed by atoms with van der Waals surface area (Å²) in [6.45, 7) is 3.86. The number of benzene rings is 1. The summed E-state index contributed by atoms with van der Waals surface area (Å²) in [5, 5.41) is 2.86. The Morgan fingerprint density at radius 2 is 1.69 bits per heavy atom. The van der Waals surface area contributed by atoms with Gasteiger partial charge >= 0.3 is 12.1 Å². The molecule has 0 bridgehead atoms. The van der Waals surface area contributed by atoms with Crippen LogP contribution in [0, 0.1) is 0 Å². The zero-order valence-corrected chi connectivity index (χ0v) is 15.1. The largest absolute Gasteiger partial charge is 0.453 e. The minimum Gasteiger partial charge on any atom is -0.453 e. The topological polar surface area (TPSA) is 82.2 Å². The lowest BCUT2D eigenvalue weighted by Gasteiger charge is -2.33. The molecule has 26 heavy (non-hydrogen) atoms. The van der Waals surface area contributed by atoms with Crippen molar-refractivity contribution in [2.75, 3.05) is 43.5 Å².